The van der Waals surface area contributed by atoms with E-state index in [1.54, 1.807) is 0 Å². The van der Waals surface area contributed by atoms with Crippen molar-refractivity contribution in [3.8, 4) is 0 Å². The van der Waals surface area contributed by atoms with Crippen LogP contribution in [-0.2, 0) is 6.42 Å². The van der Waals surface area contributed by atoms with Crippen molar-refractivity contribution in [1.82, 2.24) is 0 Å². The second-order valence-electron chi connectivity index (χ2n) is 6.48. The molecule has 1 unspecified atom stereocenters. The molecule has 0 saturated carbocycles. The van der Waals surface area contributed by atoms with E-state index in [-0.39, 0.29) is 5.41 Å². The molecular formula is C19H22. The van der Waals surface area contributed by atoms with Gasteiger partial charge in [-0.15, -0.1) is 0 Å². The Morgan fingerprint density at radius 1 is 0.895 bits per heavy atom. The SMILES string of the molecule is CC1=CC2=Cc3cc(C)c(C)cc3CC2(C)C=C1C. The molecule has 0 radical (unpaired) electrons. The van der Waals surface area contributed by atoms with Gasteiger partial charge in [-0.2, -0.15) is 0 Å². The largest absolute Gasteiger partial charge is 0.0707 e. The fourth-order valence-corrected chi connectivity index (χ4v) is 3.30. The minimum Gasteiger partial charge on any atom is -0.0707 e. The molecular weight excluding hydrogens is 228 g/mol. The molecule has 0 amide bonds. The Labute approximate surface area is 116 Å². The summed E-state index contributed by atoms with van der Waals surface area (Å²) in [6, 6.07) is 4.71. The predicted octanol–water partition coefficient (Wildman–Crippen LogP) is 5.16. The fourth-order valence-electron chi connectivity index (χ4n) is 3.30. The van der Waals surface area contributed by atoms with E-state index in [0.717, 1.165) is 6.42 Å². The van der Waals surface area contributed by atoms with Crippen LogP contribution in [0.15, 0.2) is 41.0 Å². The average Bonchev–Trinajstić information content (AvgIpc) is 2.31. The third-order valence-electron chi connectivity index (χ3n) is 4.81. The van der Waals surface area contributed by atoms with Gasteiger partial charge in [-0.25, -0.2) is 0 Å². The van der Waals surface area contributed by atoms with Gasteiger partial charge in [0.2, 0.25) is 0 Å². The molecule has 0 aliphatic heterocycles. The number of aryl methyl sites for hydroxylation is 2. The summed E-state index contributed by atoms with van der Waals surface area (Å²) < 4.78 is 0. The highest BCUT2D eigenvalue weighted by molar-refractivity contribution is 5.69. The molecule has 0 N–H and O–H groups in total. The lowest BCUT2D eigenvalue weighted by molar-refractivity contribution is 0.511. The summed E-state index contributed by atoms with van der Waals surface area (Å²) in [6.45, 7) is 11.2. The summed E-state index contributed by atoms with van der Waals surface area (Å²) in [6.07, 6.45) is 8.33. The van der Waals surface area contributed by atoms with Crippen LogP contribution in [0.25, 0.3) is 6.08 Å². The minimum atomic E-state index is 0.179. The third kappa shape index (κ3) is 1.90. The first-order valence-electron chi connectivity index (χ1n) is 7.09. The zero-order valence-electron chi connectivity index (χ0n) is 12.6. The Morgan fingerprint density at radius 3 is 2.32 bits per heavy atom. The second kappa shape index (κ2) is 3.96. The van der Waals surface area contributed by atoms with Crippen molar-refractivity contribution < 1.29 is 0 Å². The highest BCUT2D eigenvalue weighted by Gasteiger charge is 2.32. The molecule has 2 aliphatic rings. The highest BCUT2D eigenvalue weighted by atomic mass is 14.4. The van der Waals surface area contributed by atoms with Crippen LogP contribution in [0.2, 0.25) is 0 Å². The molecule has 1 atom stereocenters. The number of rotatable bonds is 0. The van der Waals surface area contributed by atoms with Crippen LogP contribution < -0.4 is 0 Å². The van der Waals surface area contributed by atoms with Gasteiger partial charge in [-0.3, -0.25) is 0 Å². The van der Waals surface area contributed by atoms with Crippen LogP contribution in [0.1, 0.15) is 43.0 Å². The Morgan fingerprint density at radius 2 is 1.58 bits per heavy atom. The Balaban J connectivity index is 2.19. The van der Waals surface area contributed by atoms with Crippen molar-refractivity contribution in [2.24, 2.45) is 5.41 Å². The van der Waals surface area contributed by atoms with Gasteiger partial charge in [-0.1, -0.05) is 42.9 Å². The number of benzene rings is 1. The van der Waals surface area contributed by atoms with E-state index < -0.39 is 0 Å². The molecule has 0 aromatic heterocycles. The molecule has 0 nitrogen and oxygen atoms in total. The Bertz CT molecular complexity index is 653. The van der Waals surface area contributed by atoms with E-state index in [9.17, 15) is 0 Å². The first-order chi connectivity index (χ1) is 8.89. The van der Waals surface area contributed by atoms with Crippen molar-refractivity contribution >= 4 is 6.08 Å². The summed E-state index contributed by atoms with van der Waals surface area (Å²) in [5.41, 5.74) is 10.2. The molecule has 1 aromatic carbocycles. The number of fused-ring (bicyclic) bond motifs is 2. The summed E-state index contributed by atoms with van der Waals surface area (Å²) in [5.74, 6) is 0. The summed E-state index contributed by atoms with van der Waals surface area (Å²) in [5, 5.41) is 0. The third-order valence-corrected chi connectivity index (χ3v) is 4.81. The fraction of sp³-hybridized carbons (Fsp3) is 0.368. The molecule has 0 fully saturated rings. The van der Waals surface area contributed by atoms with E-state index in [2.05, 4.69) is 65.0 Å². The Kier molecular flexibility index (Phi) is 2.60. The lowest BCUT2D eigenvalue weighted by atomic mass is 9.67. The van der Waals surface area contributed by atoms with E-state index in [0.29, 0.717) is 0 Å². The maximum absolute atomic E-state index is 2.45. The summed E-state index contributed by atoms with van der Waals surface area (Å²) >= 11 is 0. The molecule has 0 saturated heterocycles. The lowest BCUT2D eigenvalue weighted by Gasteiger charge is -2.36. The molecule has 2 aliphatic carbocycles. The first kappa shape index (κ1) is 12.5. The van der Waals surface area contributed by atoms with Gasteiger partial charge in [0.1, 0.15) is 0 Å². The molecule has 0 spiro atoms. The number of allylic oxidation sites excluding steroid dienone is 5. The summed E-state index contributed by atoms with van der Waals surface area (Å²) in [7, 11) is 0. The van der Waals surface area contributed by atoms with Crippen molar-refractivity contribution in [3.63, 3.8) is 0 Å². The zero-order chi connectivity index (χ0) is 13.8. The van der Waals surface area contributed by atoms with Gasteiger partial charge < -0.3 is 0 Å². The minimum absolute atomic E-state index is 0.179. The van der Waals surface area contributed by atoms with Crippen LogP contribution in [0.4, 0.5) is 0 Å². The molecule has 0 bridgehead atoms. The van der Waals surface area contributed by atoms with Crippen LogP contribution in [0, 0.1) is 19.3 Å². The number of hydrogen-bond acceptors (Lipinski definition) is 0. The van der Waals surface area contributed by atoms with Crippen molar-refractivity contribution in [2.45, 2.75) is 41.0 Å². The topological polar surface area (TPSA) is 0 Å². The van der Waals surface area contributed by atoms with Gasteiger partial charge >= 0.3 is 0 Å². The normalized spacial score (nSPS) is 25.0. The molecule has 1 aromatic rings. The smallest absolute Gasteiger partial charge is 0.0150 e. The van der Waals surface area contributed by atoms with Gasteiger partial charge in [0.15, 0.2) is 0 Å². The van der Waals surface area contributed by atoms with Crippen molar-refractivity contribution in [1.29, 1.82) is 0 Å². The van der Waals surface area contributed by atoms with Crippen LogP contribution in [-0.4, -0.2) is 0 Å². The highest BCUT2D eigenvalue weighted by Crippen LogP contribution is 2.45. The average molecular weight is 250 g/mol. The van der Waals surface area contributed by atoms with E-state index in [1.807, 2.05) is 0 Å². The molecule has 0 heteroatoms. The number of hydrogen-bond donors (Lipinski definition) is 0. The second-order valence-corrected chi connectivity index (χ2v) is 6.48. The molecule has 3 rings (SSSR count). The van der Waals surface area contributed by atoms with Crippen molar-refractivity contribution in [3.05, 3.63) is 63.3 Å². The predicted molar refractivity (Wildman–Crippen MR) is 83.2 cm³/mol. The van der Waals surface area contributed by atoms with Crippen LogP contribution >= 0.6 is 0 Å². The quantitative estimate of drug-likeness (QED) is 0.597. The maximum Gasteiger partial charge on any atom is 0.0150 e. The lowest BCUT2D eigenvalue weighted by Crippen LogP contribution is -2.25. The Hall–Kier alpha value is -1.56. The molecule has 19 heavy (non-hydrogen) atoms. The van der Waals surface area contributed by atoms with E-state index in [1.165, 1.54) is 39.0 Å². The van der Waals surface area contributed by atoms with Crippen LogP contribution in [0.3, 0.4) is 0 Å². The molecule has 98 valence electrons. The van der Waals surface area contributed by atoms with Gasteiger partial charge in [0.25, 0.3) is 0 Å². The maximum atomic E-state index is 2.45. The monoisotopic (exact) mass is 250 g/mol. The molecule has 0 heterocycles. The van der Waals surface area contributed by atoms with Gasteiger partial charge in [-0.05, 0) is 67.5 Å². The van der Waals surface area contributed by atoms with Gasteiger partial charge in [0, 0.05) is 5.41 Å². The summed E-state index contributed by atoms with van der Waals surface area (Å²) in [4.78, 5) is 0. The first-order valence-corrected chi connectivity index (χ1v) is 7.09. The van der Waals surface area contributed by atoms with Crippen LogP contribution in [0.5, 0.6) is 0 Å². The zero-order valence-corrected chi connectivity index (χ0v) is 12.6. The van der Waals surface area contributed by atoms with E-state index >= 15 is 0 Å². The van der Waals surface area contributed by atoms with Gasteiger partial charge in [0.05, 0.1) is 0 Å². The standard InChI is InChI=1S/C19H22/c1-12-6-16-9-18-8-14(3)15(4)10-19(18,5)11-17(16)7-13(12)2/h6-10H,11H2,1-5H3. The van der Waals surface area contributed by atoms with Crippen molar-refractivity contribution in [2.75, 3.05) is 0 Å². The van der Waals surface area contributed by atoms with E-state index in [4.69, 9.17) is 0 Å².